The summed E-state index contributed by atoms with van der Waals surface area (Å²) >= 11 is 5.76. The fourth-order valence-electron chi connectivity index (χ4n) is 9.37. The Bertz CT molecular complexity index is 830. The van der Waals surface area contributed by atoms with E-state index >= 15 is 0 Å². The molecule has 0 spiro atoms. The van der Waals surface area contributed by atoms with Crippen LogP contribution in [0, 0.1) is 52.3 Å². The fourth-order valence-corrected chi connectivity index (χ4v) is 9.50. The molecule has 0 amide bonds. The van der Waals surface area contributed by atoms with E-state index in [1.165, 1.54) is 44.9 Å². The lowest BCUT2D eigenvalue weighted by molar-refractivity contribution is -0.151. The molecule has 4 rings (SSSR count). The Morgan fingerprint density at radius 1 is 1.11 bits per heavy atom. The second-order valence-corrected chi connectivity index (χ2v) is 14.1. The van der Waals surface area contributed by atoms with E-state index in [4.69, 9.17) is 16.3 Å². The van der Waals surface area contributed by atoms with Crippen LogP contribution < -0.4 is 0 Å². The Morgan fingerprint density at radius 2 is 1.89 bits per heavy atom. The zero-order valence-corrected chi connectivity index (χ0v) is 24.8. The van der Waals surface area contributed by atoms with Crippen molar-refractivity contribution in [3.05, 3.63) is 23.8 Å². The maximum atomic E-state index is 12.2. The van der Waals surface area contributed by atoms with Gasteiger partial charge in [-0.15, -0.1) is 11.6 Å². The van der Waals surface area contributed by atoms with Gasteiger partial charge in [-0.2, -0.15) is 0 Å². The van der Waals surface area contributed by atoms with E-state index in [9.17, 15) is 4.79 Å². The predicted molar refractivity (Wildman–Crippen MR) is 152 cm³/mol. The number of hydrogen-bond donors (Lipinski definition) is 0. The molecule has 0 unspecified atom stereocenters. The van der Waals surface area contributed by atoms with E-state index < -0.39 is 0 Å². The minimum Gasteiger partial charge on any atom is -0.462 e. The molecule has 0 radical (unpaired) electrons. The maximum absolute atomic E-state index is 12.2. The Hall–Kier alpha value is -0.760. The first-order valence-corrected chi connectivity index (χ1v) is 15.8. The molecule has 0 bridgehead atoms. The SMILES string of the molecule is CC[C@H](/C=C/[C@@H](C)[C@H]1CC[C@H]2[C@@H]3CC=C4C[C@@H](OC(=O)CCCCl)CC[C@]4(C)[C@H]3CC[C@]12C)C(C)C. The van der Waals surface area contributed by atoms with Crippen LogP contribution in [-0.2, 0) is 9.53 Å². The number of ether oxygens (including phenoxy) is 1. The molecule has 0 aliphatic heterocycles. The normalized spacial score (nSPS) is 39.8. The molecule has 3 saturated carbocycles. The van der Waals surface area contributed by atoms with Crippen molar-refractivity contribution in [1.29, 1.82) is 0 Å². The topological polar surface area (TPSA) is 26.3 Å². The van der Waals surface area contributed by atoms with Gasteiger partial charge in [-0.3, -0.25) is 4.79 Å². The highest BCUT2D eigenvalue weighted by Gasteiger charge is 2.59. The summed E-state index contributed by atoms with van der Waals surface area (Å²) in [6, 6.07) is 0. The number of allylic oxidation sites excluding steroid dienone is 3. The van der Waals surface area contributed by atoms with E-state index in [2.05, 4.69) is 59.8 Å². The molecule has 204 valence electrons. The van der Waals surface area contributed by atoms with Crippen LogP contribution in [0.2, 0.25) is 0 Å². The third-order valence-electron chi connectivity index (χ3n) is 11.6. The monoisotopic (exact) mass is 516 g/mol. The average molecular weight is 517 g/mol. The lowest BCUT2D eigenvalue weighted by atomic mass is 9.47. The van der Waals surface area contributed by atoms with Crippen LogP contribution in [0.1, 0.15) is 112 Å². The van der Waals surface area contributed by atoms with Crippen LogP contribution in [0.25, 0.3) is 0 Å². The summed E-state index contributed by atoms with van der Waals surface area (Å²) in [5.74, 6) is 5.91. The van der Waals surface area contributed by atoms with Crippen molar-refractivity contribution in [3.8, 4) is 0 Å². The lowest BCUT2D eigenvalue weighted by Gasteiger charge is -2.58. The van der Waals surface area contributed by atoms with Crippen LogP contribution in [0.5, 0.6) is 0 Å². The van der Waals surface area contributed by atoms with Gasteiger partial charge in [0.1, 0.15) is 6.10 Å². The number of carbonyl (C=O) groups is 1. The first-order valence-electron chi connectivity index (χ1n) is 15.3. The second-order valence-electron chi connectivity index (χ2n) is 13.7. The van der Waals surface area contributed by atoms with Crippen LogP contribution in [0.3, 0.4) is 0 Å². The van der Waals surface area contributed by atoms with Crippen molar-refractivity contribution in [1.82, 2.24) is 0 Å². The van der Waals surface area contributed by atoms with E-state index in [0.29, 0.717) is 41.4 Å². The van der Waals surface area contributed by atoms with Crippen molar-refractivity contribution in [2.75, 3.05) is 5.88 Å². The predicted octanol–water partition coefficient (Wildman–Crippen LogP) is 9.37. The largest absolute Gasteiger partial charge is 0.462 e. The highest BCUT2D eigenvalue weighted by Crippen LogP contribution is 2.67. The number of hydrogen-bond acceptors (Lipinski definition) is 2. The van der Waals surface area contributed by atoms with Gasteiger partial charge >= 0.3 is 5.97 Å². The van der Waals surface area contributed by atoms with Gasteiger partial charge in [0.2, 0.25) is 0 Å². The average Bonchev–Trinajstić information content (AvgIpc) is 3.20. The molecule has 36 heavy (non-hydrogen) atoms. The number of alkyl halides is 1. The third-order valence-corrected chi connectivity index (χ3v) is 11.8. The first kappa shape index (κ1) is 28.3. The molecule has 0 heterocycles. The van der Waals surface area contributed by atoms with Gasteiger partial charge in [-0.05, 0) is 110 Å². The first-order chi connectivity index (χ1) is 17.1. The van der Waals surface area contributed by atoms with Gasteiger partial charge in [-0.1, -0.05) is 65.3 Å². The lowest BCUT2D eigenvalue weighted by Crippen LogP contribution is -2.51. The molecule has 0 saturated heterocycles. The molecule has 0 aromatic heterocycles. The van der Waals surface area contributed by atoms with Crippen molar-refractivity contribution in [3.63, 3.8) is 0 Å². The molecule has 0 aromatic carbocycles. The summed E-state index contributed by atoms with van der Waals surface area (Å²) in [4.78, 5) is 12.2. The van der Waals surface area contributed by atoms with Crippen molar-refractivity contribution in [2.45, 2.75) is 118 Å². The zero-order valence-electron chi connectivity index (χ0n) is 24.0. The summed E-state index contributed by atoms with van der Waals surface area (Å²) in [6.45, 7) is 14.8. The number of fused-ring (bicyclic) bond motifs is 5. The third kappa shape index (κ3) is 5.37. The minimum atomic E-state index is -0.0641. The molecule has 9 atom stereocenters. The van der Waals surface area contributed by atoms with Gasteiger partial charge in [-0.25, -0.2) is 0 Å². The summed E-state index contributed by atoms with van der Waals surface area (Å²) in [7, 11) is 0. The highest BCUT2D eigenvalue weighted by molar-refractivity contribution is 6.17. The number of halogens is 1. The standard InChI is InChI=1S/C33H53ClO2/c1-7-24(22(2)3)11-10-23(4)28-14-15-29-27-13-12-25-21-26(36-31(35)9-8-20-34)16-18-32(25,5)30(27)17-19-33(28,29)6/h10-12,22-24,26-30H,7-9,13-21H2,1-6H3/b11-10+/t23-,24-,26+,27+,28-,29+,30+,32+,33-/m1/s1. The zero-order chi connectivity index (χ0) is 26.1. The molecular weight excluding hydrogens is 464 g/mol. The molecule has 3 fully saturated rings. The van der Waals surface area contributed by atoms with E-state index in [1.807, 2.05) is 0 Å². The molecule has 3 heteroatoms. The van der Waals surface area contributed by atoms with Gasteiger partial charge < -0.3 is 4.74 Å². The maximum Gasteiger partial charge on any atom is 0.306 e. The van der Waals surface area contributed by atoms with E-state index in [0.717, 1.165) is 42.4 Å². The van der Waals surface area contributed by atoms with Gasteiger partial charge in [0.05, 0.1) is 0 Å². The summed E-state index contributed by atoms with van der Waals surface area (Å²) in [5.41, 5.74) is 2.39. The van der Waals surface area contributed by atoms with Crippen LogP contribution in [0.4, 0.5) is 0 Å². The number of carbonyl (C=O) groups excluding carboxylic acids is 1. The van der Waals surface area contributed by atoms with Gasteiger partial charge in [0, 0.05) is 18.7 Å². The van der Waals surface area contributed by atoms with Gasteiger partial charge in [0.15, 0.2) is 0 Å². The molecule has 0 aromatic rings. The smallest absolute Gasteiger partial charge is 0.306 e. The van der Waals surface area contributed by atoms with Crippen LogP contribution in [-0.4, -0.2) is 18.0 Å². The molecule has 4 aliphatic rings. The summed E-state index contributed by atoms with van der Waals surface area (Å²) in [6.07, 6.45) is 20.2. The van der Waals surface area contributed by atoms with Crippen molar-refractivity contribution in [2.24, 2.45) is 52.3 Å². The fraction of sp³-hybridized carbons (Fsp3) is 0.848. The van der Waals surface area contributed by atoms with E-state index in [-0.39, 0.29) is 12.1 Å². The van der Waals surface area contributed by atoms with Crippen molar-refractivity contribution >= 4 is 17.6 Å². The molecule has 0 N–H and O–H groups in total. The van der Waals surface area contributed by atoms with Crippen LogP contribution >= 0.6 is 11.6 Å². The summed E-state index contributed by atoms with van der Waals surface area (Å²) < 4.78 is 5.87. The number of esters is 1. The Balaban J connectivity index is 1.44. The Morgan fingerprint density at radius 3 is 2.58 bits per heavy atom. The van der Waals surface area contributed by atoms with Gasteiger partial charge in [0.25, 0.3) is 0 Å². The van der Waals surface area contributed by atoms with E-state index in [1.54, 1.807) is 5.57 Å². The quantitative estimate of drug-likeness (QED) is 0.173. The second kappa shape index (κ2) is 11.5. The molecule has 2 nitrogen and oxygen atoms in total. The molecule has 4 aliphatic carbocycles. The highest BCUT2D eigenvalue weighted by atomic mass is 35.5. The summed E-state index contributed by atoms with van der Waals surface area (Å²) in [5, 5.41) is 0. The Kier molecular flexibility index (Phi) is 9.06. The Labute approximate surface area is 227 Å². The van der Waals surface area contributed by atoms with Crippen LogP contribution in [0.15, 0.2) is 23.8 Å². The molecular formula is C33H53ClO2. The van der Waals surface area contributed by atoms with Crippen molar-refractivity contribution < 1.29 is 9.53 Å². The number of rotatable bonds is 9. The minimum absolute atomic E-state index is 0.0641.